The van der Waals surface area contributed by atoms with E-state index in [1.165, 1.54) is 32.1 Å². The summed E-state index contributed by atoms with van der Waals surface area (Å²) in [6.45, 7) is 2.39. The lowest BCUT2D eigenvalue weighted by Crippen LogP contribution is -2.44. The summed E-state index contributed by atoms with van der Waals surface area (Å²) in [5, 5.41) is 0. The monoisotopic (exact) mass is 313 g/mol. The first-order valence-electron chi connectivity index (χ1n) is 7.73. The first kappa shape index (κ1) is 17.9. The van der Waals surface area contributed by atoms with Gasteiger partial charge in [-0.1, -0.05) is 32.1 Å². The number of unbranched alkanes of at least 4 members (excludes halogenated alkanes) is 6. The average Bonchev–Trinajstić information content (AvgIpc) is 2.47. The molecular weight excluding hydrogens is 286 g/mol. The summed E-state index contributed by atoms with van der Waals surface area (Å²) in [5.74, 6) is 0.976. The fourth-order valence-electron chi connectivity index (χ4n) is 2.37. The summed E-state index contributed by atoms with van der Waals surface area (Å²) < 4.78 is 2.68. The first-order valence-corrected chi connectivity index (χ1v) is 8.36. The average molecular weight is 313 g/mol. The van der Waals surface area contributed by atoms with Gasteiger partial charge in [-0.2, -0.15) is 17.3 Å². The van der Waals surface area contributed by atoms with Crippen molar-refractivity contribution in [1.82, 2.24) is 9.24 Å². The Morgan fingerprint density at radius 2 is 1.62 bits per heavy atom. The largest absolute Gasteiger partial charge is 0.349 e. The maximum atomic E-state index is 12.1. The molecule has 0 saturated heterocycles. The summed E-state index contributed by atoms with van der Waals surface area (Å²) in [6.07, 6.45) is 9.91. The third-order valence-corrected chi connectivity index (χ3v) is 3.92. The fourth-order valence-corrected chi connectivity index (χ4v) is 2.59. The number of nitrogens with zero attached hydrogens (tertiary/aromatic N) is 2. The van der Waals surface area contributed by atoms with Gasteiger partial charge in [0.25, 0.3) is 5.56 Å². The van der Waals surface area contributed by atoms with Crippen LogP contribution in [-0.4, -0.2) is 22.0 Å². The molecule has 0 saturated carbocycles. The van der Waals surface area contributed by atoms with Crippen molar-refractivity contribution in [3.63, 3.8) is 0 Å². The molecule has 0 bridgehead atoms. The topological polar surface area (TPSA) is 56.0 Å². The highest BCUT2D eigenvalue weighted by Crippen LogP contribution is 2.08. The van der Waals surface area contributed by atoms with E-state index in [1.54, 1.807) is 24.7 Å². The number of rotatable bonds is 10. The Hall–Kier alpha value is -1.17. The van der Waals surface area contributed by atoms with E-state index in [0.717, 1.165) is 23.3 Å². The van der Waals surface area contributed by atoms with Crippen LogP contribution in [0.1, 0.15) is 50.5 Å². The van der Waals surface area contributed by atoms with Crippen molar-refractivity contribution < 1.29 is 0 Å². The molecule has 0 unspecified atom stereocenters. The van der Waals surface area contributed by atoms with Crippen molar-refractivity contribution in [2.75, 3.05) is 18.2 Å². The summed E-state index contributed by atoms with van der Waals surface area (Å²) >= 11 is 4.20. The normalized spacial score (nSPS) is 10.8. The Morgan fingerprint density at radius 1 is 1.05 bits per heavy atom. The molecule has 1 aromatic rings. The molecular formula is C15H27N3O2S. The molecule has 1 aromatic heterocycles. The lowest BCUT2D eigenvalue weighted by atomic mass is 10.1. The molecule has 1 heterocycles. The van der Waals surface area contributed by atoms with E-state index in [0.29, 0.717) is 12.1 Å². The van der Waals surface area contributed by atoms with Gasteiger partial charge in [0.1, 0.15) is 0 Å². The molecule has 0 aromatic carbocycles. The maximum Gasteiger partial charge on any atom is 0.349 e. The maximum absolute atomic E-state index is 12.1. The van der Waals surface area contributed by atoms with Gasteiger partial charge in [-0.05, 0) is 25.5 Å². The molecule has 0 fully saturated rings. The van der Waals surface area contributed by atoms with Crippen molar-refractivity contribution in [2.24, 2.45) is 0 Å². The molecule has 0 aliphatic rings. The van der Waals surface area contributed by atoms with Crippen LogP contribution < -0.4 is 16.7 Å². The SMILES string of the molecule is CNn1c(=O)c(C)cn(CCCCCCCCCS)c1=O. The van der Waals surface area contributed by atoms with Crippen molar-refractivity contribution in [3.8, 4) is 0 Å². The number of aromatic nitrogens is 2. The predicted octanol–water partition coefficient (Wildman–Crippen LogP) is 2.15. The molecule has 0 amide bonds. The summed E-state index contributed by atoms with van der Waals surface area (Å²) in [6, 6.07) is 0. The minimum atomic E-state index is -0.290. The zero-order chi connectivity index (χ0) is 15.7. The van der Waals surface area contributed by atoms with Crippen LogP contribution in [0.5, 0.6) is 0 Å². The fraction of sp³-hybridized carbons (Fsp3) is 0.733. The zero-order valence-corrected chi connectivity index (χ0v) is 14.0. The molecule has 0 spiro atoms. The van der Waals surface area contributed by atoms with Crippen LogP contribution in [0, 0.1) is 6.92 Å². The number of hydrogen-bond acceptors (Lipinski definition) is 4. The number of aryl methyl sites for hydroxylation is 2. The van der Waals surface area contributed by atoms with Gasteiger partial charge in [-0.25, -0.2) is 4.79 Å². The number of hydrogen-bond donors (Lipinski definition) is 2. The van der Waals surface area contributed by atoms with Crippen molar-refractivity contribution in [2.45, 2.75) is 58.4 Å². The number of nitrogens with one attached hydrogen (secondary N) is 1. The van der Waals surface area contributed by atoms with Gasteiger partial charge >= 0.3 is 5.69 Å². The molecule has 5 nitrogen and oxygen atoms in total. The van der Waals surface area contributed by atoms with Gasteiger partial charge in [-0.3, -0.25) is 9.36 Å². The molecule has 120 valence electrons. The second kappa shape index (κ2) is 9.71. The van der Waals surface area contributed by atoms with Crippen LogP contribution in [-0.2, 0) is 6.54 Å². The highest BCUT2D eigenvalue weighted by atomic mass is 32.1. The lowest BCUT2D eigenvalue weighted by Gasteiger charge is -2.10. The van der Waals surface area contributed by atoms with E-state index in [-0.39, 0.29) is 11.2 Å². The van der Waals surface area contributed by atoms with E-state index in [2.05, 4.69) is 18.1 Å². The van der Waals surface area contributed by atoms with Crippen LogP contribution in [0.4, 0.5) is 0 Å². The second-order valence-electron chi connectivity index (χ2n) is 5.35. The quantitative estimate of drug-likeness (QED) is 0.514. The van der Waals surface area contributed by atoms with Crippen molar-refractivity contribution >= 4 is 12.6 Å². The highest BCUT2D eigenvalue weighted by Gasteiger charge is 2.06. The number of thiol groups is 1. The van der Waals surface area contributed by atoms with E-state index >= 15 is 0 Å². The van der Waals surface area contributed by atoms with Crippen LogP contribution in [0.3, 0.4) is 0 Å². The Kier molecular flexibility index (Phi) is 8.27. The van der Waals surface area contributed by atoms with Crippen molar-refractivity contribution in [3.05, 3.63) is 32.6 Å². The van der Waals surface area contributed by atoms with Crippen molar-refractivity contribution in [1.29, 1.82) is 0 Å². The van der Waals surface area contributed by atoms with E-state index in [4.69, 9.17) is 0 Å². The third kappa shape index (κ3) is 5.61. The summed E-state index contributed by atoms with van der Waals surface area (Å²) in [5.41, 5.74) is 2.65. The Bertz CT molecular complexity index is 537. The Labute approximate surface area is 131 Å². The van der Waals surface area contributed by atoms with Gasteiger partial charge < -0.3 is 5.43 Å². The smallest absolute Gasteiger partial charge is 0.322 e. The van der Waals surface area contributed by atoms with Gasteiger partial charge in [-0.15, -0.1) is 0 Å². The van der Waals surface area contributed by atoms with E-state index < -0.39 is 0 Å². The van der Waals surface area contributed by atoms with E-state index in [9.17, 15) is 9.59 Å². The van der Waals surface area contributed by atoms with Gasteiger partial charge in [0, 0.05) is 25.4 Å². The standard InChI is InChI=1S/C15H27N3O2S/c1-13-12-17(15(20)18(16-2)14(13)19)10-8-6-4-3-5-7-9-11-21/h12,16,21H,3-11H2,1-2H3. The Balaban J connectivity index is 2.41. The molecule has 0 aliphatic heterocycles. The van der Waals surface area contributed by atoms with Crippen LogP contribution in [0.2, 0.25) is 0 Å². The summed E-state index contributed by atoms with van der Waals surface area (Å²) in [7, 11) is 1.58. The highest BCUT2D eigenvalue weighted by molar-refractivity contribution is 7.80. The predicted molar refractivity (Wildman–Crippen MR) is 91.2 cm³/mol. The Morgan fingerprint density at radius 3 is 2.19 bits per heavy atom. The molecule has 0 atom stereocenters. The van der Waals surface area contributed by atoms with Gasteiger partial charge in [0.05, 0.1) is 0 Å². The minimum absolute atomic E-state index is 0.275. The second-order valence-corrected chi connectivity index (χ2v) is 5.80. The molecule has 0 radical (unpaired) electrons. The third-order valence-electron chi connectivity index (χ3n) is 3.61. The molecule has 21 heavy (non-hydrogen) atoms. The van der Waals surface area contributed by atoms with E-state index in [1.807, 2.05) is 0 Å². The minimum Gasteiger partial charge on any atom is -0.322 e. The lowest BCUT2D eigenvalue weighted by molar-refractivity contribution is 0.524. The van der Waals surface area contributed by atoms with Gasteiger partial charge in [0.15, 0.2) is 0 Å². The van der Waals surface area contributed by atoms with Gasteiger partial charge in [0.2, 0.25) is 0 Å². The molecule has 1 rings (SSSR count). The summed E-state index contributed by atoms with van der Waals surface area (Å²) in [4.78, 5) is 23.8. The molecule has 0 aliphatic carbocycles. The molecule has 6 heteroatoms. The molecule has 1 N–H and O–H groups in total. The van der Waals surface area contributed by atoms with Crippen LogP contribution in [0.15, 0.2) is 15.8 Å². The van der Waals surface area contributed by atoms with Crippen LogP contribution >= 0.6 is 12.6 Å². The van der Waals surface area contributed by atoms with Crippen LogP contribution in [0.25, 0.3) is 0 Å². The zero-order valence-electron chi connectivity index (χ0n) is 13.1. The first-order chi connectivity index (χ1) is 10.1.